The highest BCUT2D eigenvalue weighted by molar-refractivity contribution is 5.74. The maximum Gasteiger partial charge on any atom is 0.419 e. The van der Waals surface area contributed by atoms with Crippen molar-refractivity contribution >= 4 is 11.1 Å². The summed E-state index contributed by atoms with van der Waals surface area (Å²) >= 11 is 0. The maximum absolute atomic E-state index is 11.8. The minimum Gasteiger partial charge on any atom is -0.408 e. The van der Waals surface area contributed by atoms with E-state index in [9.17, 15) is 4.79 Å². The van der Waals surface area contributed by atoms with E-state index in [0.717, 1.165) is 18.5 Å². The Hall–Kier alpha value is -1.55. The minimum absolute atomic E-state index is 0.136. The molecule has 1 N–H and O–H groups in total. The fourth-order valence-electron chi connectivity index (χ4n) is 2.82. The SMILES string of the molecule is CCNC(c1ccc2c(c1)oc(=O)n2CC)C(C)(C)CC. The van der Waals surface area contributed by atoms with Crippen LogP contribution in [0.4, 0.5) is 0 Å². The van der Waals surface area contributed by atoms with E-state index in [1.165, 1.54) is 5.56 Å². The molecule has 0 aliphatic heterocycles. The Bertz CT molecular complexity index is 667. The van der Waals surface area contributed by atoms with Gasteiger partial charge in [0.25, 0.3) is 0 Å². The van der Waals surface area contributed by atoms with Crippen molar-refractivity contribution in [3.8, 4) is 0 Å². The van der Waals surface area contributed by atoms with Gasteiger partial charge in [0, 0.05) is 12.6 Å². The molecule has 0 spiro atoms. The summed E-state index contributed by atoms with van der Waals surface area (Å²) in [6.45, 7) is 12.3. The van der Waals surface area contributed by atoms with E-state index in [-0.39, 0.29) is 17.2 Å². The van der Waals surface area contributed by atoms with Gasteiger partial charge in [0.15, 0.2) is 5.58 Å². The van der Waals surface area contributed by atoms with Crippen molar-refractivity contribution in [3.05, 3.63) is 34.3 Å². The molecule has 0 aliphatic carbocycles. The second-order valence-corrected chi connectivity index (χ2v) is 6.17. The van der Waals surface area contributed by atoms with Gasteiger partial charge in [0.2, 0.25) is 0 Å². The Balaban J connectivity index is 2.52. The molecule has 0 bridgehead atoms. The molecule has 0 aliphatic rings. The molecule has 2 rings (SSSR count). The Kier molecular flexibility index (Phi) is 4.57. The molecule has 1 aromatic heterocycles. The highest BCUT2D eigenvalue weighted by atomic mass is 16.4. The van der Waals surface area contributed by atoms with Gasteiger partial charge >= 0.3 is 5.76 Å². The van der Waals surface area contributed by atoms with Crippen molar-refractivity contribution in [2.75, 3.05) is 6.54 Å². The highest BCUT2D eigenvalue weighted by Gasteiger charge is 2.29. The maximum atomic E-state index is 11.8. The van der Waals surface area contributed by atoms with Gasteiger partial charge in [-0.1, -0.05) is 33.8 Å². The van der Waals surface area contributed by atoms with Crippen LogP contribution in [-0.4, -0.2) is 11.1 Å². The Labute approximate surface area is 126 Å². The third-order valence-corrected chi connectivity index (χ3v) is 4.44. The van der Waals surface area contributed by atoms with Crippen molar-refractivity contribution in [3.63, 3.8) is 0 Å². The van der Waals surface area contributed by atoms with Gasteiger partial charge in [-0.15, -0.1) is 0 Å². The predicted octanol–water partition coefficient (Wildman–Crippen LogP) is 3.70. The number of fused-ring (bicyclic) bond motifs is 1. The fraction of sp³-hybridized carbons (Fsp3) is 0.588. The standard InChI is InChI=1S/C17H26N2O2/c1-6-17(4,5)15(18-7-2)12-9-10-13-14(11-12)21-16(20)19(13)8-3/h9-11,15,18H,6-8H2,1-5H3. The first kappa shape index (κ1) is 15.8. The normalized spacial score (nSPS) is 13.8. The van der Waals surface area contributed by atoms with E-state index in [0.29, 0.717) is 12.1 Å². The number of oxazole rings is 1. The number of aryl methyl sites for hydroxylation is 1. The Morgan fingerprint density at radius 2 is 2.00 bits per heavy atom. The van der Waals surface area contributed by atoms with Crippen molar-refractivity contribution < 1.29 is 4.42 Å². The van der Waals surface area contributed by atoms with Gasteiger partial charge in [-0.2, -0.15) is 0 Å². The zero-order chi connectivity index (χ0) is 15.6. The zero-order valence-electron chi connectivity index (χ0n) is 13.7. The second kappa shape index (κ2) is 6.06. The van der Waals surface area contributed by atoms with E-state index in [1.807, 2.05) is 19.1 Å². The molecule has 1 heterocycles. The summed E-state index contributed by atoms with van der Waals surface area (Å²) in [6.07, 6.45) is 1.07. The molecule has 0 fully saturated rings. The predicted molar refractivity (Wildman–Crippen MR) is 86.6 cm³/mol. The number of aromatic nitrogens is 1. The Morgan fingerprint density at radius 1 is 1.29 bits per heavy atom. The molecule has 0 saturated heterocycles. The van der Waals surface area contributed by atoms with Crippen molar-refractivity contribution in [1.29, 1.82) is 0 Å². The number of nitrogens with one attached hydrogen (secondary N) is 1. The van der Waals surface area contributed by atoms with Crippen LogP contribution < -0.4 is 11.1 Å². The molecule has 0 saturated carbocycles. The van der Waals surface area contributed by atoms with Gasteiger partial charge in [-0.05, 0) is 43.0 Å². The summed E-state index contributed by atoms with van der Waals surface area (Å²) in [5.41, 5.74) is 2.86. The Morgan fingerprint density at radius 3 is 2.57 bits per heavy atom. The van der Waals surface area contributed by atoms with E-state index in [1.54, 1.807) is 4.57 Å². The van der Waals surface area contributed by atoms with Crippen LogP contribution in [-0.2, 0) is 6.54 Å². The third kappa shape index (κ3) is 2.91. The zero-order valence-corrected chi connectivity index (χ0v) is 13.7. The number of hydrogen-bond acceptors (Lipinski definition) is 3. The van der Waals surface area contributed by atoms with Crippen molar-refractivity contribution in [2.45, 2.75) is 53.6 Å². The molecule has 2 aromatic rings. The van der Waals surface area contributed by atoms with Crippen LogP contribution in [0.2, 0.25) is 0 Å². The molecule has 0 amide bonds. The molecule has 1 unspecified atom stereocenters. The molecular formula is C17H26N2O2. The average Bonchev–Trinajstić information content (AvgIpc) is 2.78. The van der Waals surface area contributed by atoms with Gasteiger partial charge in [0.05, 0.1) is 5.52 Å². The lowest BCUT2D eigenvalue weighted by atomic mass is 9.78. The van der Waals surface area contributed by atoms with Crippen LogP contribution in [0.3, 0.4) is 0 Å². The fourth-order valence-corrected chi connectivity index (χ4v) is 2.82. The lowest BCUT2D eigenvalue weighted by Gasteiger charge is -2.34. The molecule has 116 valence electrons. The monoisotopic (exact) mass is 290 g/mol. The van der Waals surface area contributed by atoms with Gasteiger partial charge in [0.1, 0.15) is 0 Å². The number of benzene rings is 1. The summed E-state index contributed by atoms with van der Waals surface area (Å²) in [4.78, 5) is 11.8. The smallest absolute Gasteiger partial charge is 0.408 e. The summed E-state index contributed by atoms with van der Waals surface area (Å²) in [5, 5.41) is 3.56. The van der Waals surface area contributed by atoms with Crippen LogP contribution in [0.15, 0.2) is 27.4 Å². The summed E-state index contributed by atoms with van der Waals surface area (Å²) in [7, 11) is 0. The van der Waals surface area contributed by atoms with E-state index in [2.05, 4.69) is 39.1 Å². The molecular weight excluding hydrogens is 264 g/mol. The van der Waals surface area contributed by atoms with E-state index in [4.69, 9.17) is 4.42 Å². The first-order valence-corrected chi connectivity index (χ1v) is 7.81. The quantitative estimate of drug-likeness (QED) is 0.882. The number of nitrogens with zero attached hydrogens (tertiary/aromatic N) is 1. The molecule has 1 atom stereocenters. The van der Waals surface area contributed by atoms with Gasteiger partial charge in [-0.3, -0.25) is 4.57 Å². The highest BCUT2D eigenvalue weighted by Crippen LogP contribution is 2.37. The van der Waals surface area contributed by atoms with Crippen LogP contribution in [0.1, 0.15) is 52.6 Å². The number of rotatable bonds is 6. The summed E-state index contributed by atoms with van der Waals surface area (Å²) < 4.78 is 7.04. The lowest BCUT2D eigenvalue weighted by Crippen LogP contribution is -2.33. The second-order valence-electron chi connectivity index (χ2n) is 6.17. The first-order chi connectivity index (χ1) is 9.94. The molecule has 21 heavy (non-hydrogen) atoms. The van der Waals surface area contributed by atoms with Crippen LogP contribution in [0.5, 0.6) is 0 Å². The summed E-state index contributed by atoms with van der Waals surface area (Å²) in [5.74, 6) is -0.278. The topological polar surface area (TPSA) is 47.2 Å². The largest absolute Gasteiger partial charge is 0.419 e. The minimum atomic E-state index is -0.278. The summed E-state index contributed by atoms with van der Waals surface area (Å²) in [6, 6.07) is 6.35. The first-order valence-electron chi connectivity index (χ1n) is 7.81. The molecule has 4 nitrogen and oxygen atoms in total. The molecule has 0 radical (unpaired) electrons. The average molecular weight is 290 g/mol. The van der Waals surface area contributed by atoms with Gasteiger partial charge < -0.3 is 9.73 Å². The van der Waals surface area contributed by atoms with E-state index >= 15 is 0 Å². The van der Waals surface area contributed by atoms with Crippen LogP contribution in [0, 0.1) is 5.41 Å². The lowest BCUT2D eigenvalue weighted by molar-refractivity contribution is 0.237. The number of hydrogen-bond donors (Lipinski definition) is 1. The van der Waals surface area contributed by atoms with Gasteiger partial charge in [-0.25, -0.2) is 4.79 Å². The molecule has 1 aromatic carbocycles. The third-order valence-electron chi connectivity index (χ3n) is 4.44. The van der Waals surface area contributed by atoms with Crippen molar-refractivity contribution in [2.24, 2.45) is 5.41 Å². The van der Waals surface area contributed by atoms with Crippen LogP contribution >= 0.6 is 0 Å². The van der Waals surface area contributed by atoms with E-state index < -0.39 is 0 Å². The van der Waals surface area contributed by atoms with Crippen molar-refractivity contribution in [1.82, 2.24) is 9.88 Å². The molecule has 4 heteroatoms. The van der Waals surface area contributed by atoms with Crippen LogP contribution in [0.25, 0.3) is 11.1 Å².